The Kier molecular flexibility index (Phi) is 5.45. The first kappa shape index (κ1) is 10.6. The Bertz CT molecular complexity index is 72.1. The van der Waals surface area contributed by atoms with Crippen molar-refractivity contribution in [1.82, 2.24) is 0 Å². The molecule has 0 aliphatic carbocycles. The van der Waals surface area contributed by atoms with Crippen molar-refractivity contribution in [1.29, 1.82) is 0 Å². The van der Waals surface area contributed by atoms with Crippen molar-refractivity contribution < 1.29 is 24.3 Å². The van der Waals surface area contributed by atoms with Crippen molar-refractivity contribution in [2.75, 3.05) is 0 Å². The van der Waals surface area contributed by atoms with E-state index in [0.29, 0.717) is 0 Å². The van der Waals surface area contributed by atoms with Gasteiger partial charge in [-0.15, -0.1) is 4.67 Å². The Morgan fingerprint density at radius 3 is 1.57 bits per heavy atom. The Hall–Kier alpha value is 0.628. The summed E-state index contributed by atoms with van der Waals surface area (Å²) in [6.07, 6.45) is 0. The third-order valence-electron chi connectivity index (χ3n) is 0.106. The molecule has 5 nitrogen and oxygen atoms in total. The Labute approximate surface area is 50.8 Å². The van der Waals surface area contributed by atoms with Crippen LogP contribution in [0.15, 0.2) is 0 Å². The fourth-order valence-electron chi connectivity index (χ4n) is 0. The van der Waals surface area contributed by atoms with Gasteiger partial charge in [-0.2, -0.15) is 0 Å². The van der Waals surface area contributed by atoms with Crippen LogP contribution < -0.4 is 0 Å². The first-order valence-corrected chi connectivity index (χ1v) is 2.48. The minimum absolute atomic E-state index is 0. The molecule has 0 aromatic rings. The van der Waals surface area contributed by atoms with Gasteiger partial charge in [-0.1, -0.05) is 0 Å². The monoisotopic (exact) mass is 192 g/mol. The zero-order valence-corrected chi connectivity index (χ0v) is 7.17. The molecule has 1 unspecified atom stereocenters. The normalized spacial score (nSPS) is 10.1. The molecule has 0 aromatic heterocycles. The van der Waals surface area contributed by atoms with E-state index in [4.69, 9.17) is 15.0 Å². The van der Waals surface area contributed by atoms with Gasteiger partial charge < -0.3 is 9.79 Å². The van der Waals surface area contributed by atoms with Crippen LogP contribution in [0.2, 0.25) is 0 Å². The van der Waals surface area contributed by atoms with Gasteiger partial charge in [0.25, 0.3) is 0 Å². The van der Waals surface area contributed by atoms with Crippen LogP contribution in [0.1, 0.15) is 0 Å². The summed E-state index contributed by atoms with van der Waals surface area (Å²) in [5.41, 5.74) is 0. The first-order valence-electron chi connectivity index (χ1n) is 0.948. The molecule has 7 heteroatoms. The first-order chi connectivity index (χ1) is 2.56. The predicted octanol–water partition coefficient (Wildman–Crippen LogP) is -1.62. The van der Waals surface area contributed by atoms with Crippen molar-refractivity contribution in [3.8, 4) is 0 Å². The molecule has 7 heavy (non-hydrogen) atoms. The van der Waals surface area contributed by atoms with Crippen LogP contribution in [0.5, 0.6) is 0 Å². The topological polar surface area (TPSA) is 87.0 Å². The van der Waals surface area contributed by atoms with Crippen molar-refractivity contribution in [2.45, 2.75) is 0 Å². The summed E-state index contributed by atoms with van der Waals surface area (Å²) in [5, 5.41) is 7.14. The average molecular weight is 192 g/mol. The SMILES string of the molecule is O=P(O)(O)OO.[AsH3]. The molecular weight excluding hydrogens is 186 g/mol. The zero-order valence-electron chi connectivity index (χ0n) is 3.31. The molecule has 0 heterocycles. The maximum atomic E-state index is 9.22. The summed E-state index contributed by atoms with van der Waals surface area (Å²) in [6.45, 7) is 0. The van der Waals surface area contributed by atoms with Gasteiger partial charge in [-0.05, 0) is 0 Å². The van der Waals surface area contributed by atoms with Gasteiger partial charge in [-0.3, -0.25) is 0 Å². The van der Waals surface area contributed by atoms with Crippen LogP contribution in [-0.4, -0.2) is 33.0 Å². The average Bonchev–Trinajstić information content (AvgIpc) is 1.35. The van der Waals surface area contributed by atoms with Crippen LogP contribution in [0.4, 0.5) is 0 Å². The molecule has 0 aliphatic heterocycles. The van der Waals surface area contributed by atoms with E-state index in [0.717, 1.165) is 0 Å². The van der Waals surface area contributed by atoms with Gasteiger partial charge in [-0.25, -0.2) is 9.82 Å². The summed E-state index contributed by atoms with van der Waals surface area (Å²) in [7, 11) is -4.59. The van der Waals surface area contributed by atoms with Crippen LogP contribution >= 0.6 is 7.82 Å². The van der Waals surface area contributed by atoms with E-state index in [1.165, 1.54) is 0 Å². The van der Waals surface area contributed by atoms with E-state index in [9.17, 15) is 4.57 Å². The molecule has 0 saturated carbocycles. The van der Waals surface area contributed by atoms with Crippen molar-refractivity contribution >= 4 is 25.8 Å². The van der Waals surface area contributed by atoms with Gasteiger partial charge in [0, 0.05) is 0 Å². The second-order valence-corrected chi connectivity index (χ2v) is 1.72. The molecule has 0 spiro atoms. The standard InChI is InChI=1S/AsH3.H3O5P/c;1-5-6(2,3)4/h1H3;1H,(H2,2,3,4). The molecule has 1 atom stereocenters. The number of hydrogen-bond acceptors (Lipinski definition) is 3. The second-order valence-electron chi connectivity index (χ2n) is 0.572. The summed E-state index contributed by atoms with van der Waals surface area (Å²) >= 11 is 0. The number of rotatable bonds is 1. The molecule has 0 bridgehead atoms. The molecule has 0 amide bonds. The Morgan fingerprint density at radius 2 is 1.57 bits per heavy atom. The summed E-state index contributed by atoms with van der Waals surface area (Å²) in [6, 6.07) is 0. The third-order valence-corrected chi connectivity index (χ3v) is 0.319. The molecule has 0 radical (unpaired) electrons. The molecule has 0 aliphatic rings. The Morgan fingerprint density at radius 1 is 1.43 bits per heavy atom. The van der Waals surface area contributed by atoms with Crippen LogP contribution in [0.3, 0.4) is 0 Å². The van der Waals surface area contributed by atoms with Crippen molar-refractivity contribution in [3.63, 3.8) is 0 Å². The molecule has 3 N–H and O–H groups in total. The summed E-state index contributed by atoms with van der Waals surface area (Å²) in [4.78, 5) is 14.9. The van der Waals surface area contributed by atoms with E-state index in [1.54, 1.807) is 0 Å². The molecule has 0 fully saturated rings. The van der Waals surface area contributed by atoms with Crippen molar-refractivity contribution in [3.05, 3.63) is 0 Å². The van der Waals surface area contributed by atoms with Crippen LogP contribution in [0, 0.1) is 0 Å². The summed E-state index contributed by atoms with van der Waals surface area (Å²) < 4.78 is 11.8. The van der Waals surface area contributed by atoms with Gasteiger partial charge in [0.15, 0.2) is 0 Å². The maximum absolute atomic E-state index is 9.22. The van der Waals surface area contributed by atoms with E-state index in [1.807, 2.05) is 0 Å². The second kappa shape index (κ2) is 3.61. The van der Waals surface area contributed by atoms with E-state index in [-0.39, 0.29) is 18.0 Å². The molecule has 0 saturated heterocycles. The fourth-order valence-corrected chi connectivity index (χ4v) is 0. The van der Waals surface area contributed by atoms with Crippen molar-refractivity contribution in [2.24, 2.45) is 0 Å². The zero-order chi connectivity index (χ0) is 5.21. The number of phosphoric acid groups is 1. The van der Waals surface area contributed by atoms with Gasteiger partial charge in [0.2, 0.25) is 0 Å². The van der Waals surface area contributed by atoms with Gasteiger partial charge >= 0.3 is 25.8 Å². The number of hydrogen-bond donors (Lipinski definition) is 3. The van der Waals surface area contributed by atoms with Crippen LogP contribution in [-0.2, 0) is 9.24 Å². The van der Waals surface area contributed by atoms with Gasteiger partial charge in [0.1, 0.15) is 0 Å². The summed E-state index contributed by atoms with van der Waals surface area (Å²) in [5.74, 6) is 0. The fraction of sp³-hybridized carbons (Fsp3) is 0. The van der Waals surface area contributed by atoms with Crippen LogP contribution in [0.25, 0.3) is 0 Å². The van der Waals surface area contributed by atoms with E-state index < -0.39 is 7.82 Å². The molecular formula is H6AsO5P. The van der Waals surface area contributed by atoms with Gasteiger partial charge in [0.05, 0.1) is 0 Å². The quantitative estimate of drug-likeness (QED) is 0.201. The van der Waals surface area contributed by atoms with E-state index in [2.05, 4.69) is 4.67 Å². The van der Waals surface area contributed by atoms with E-state index >= 15 is 0 Å². The molecule has 0 rings (SSSR count). The minimum atomic E-state index is -4.59. The molecule has 0 aromatic carbocycles. The third kappa shape index (κ3) is 10.8. The molecule has 46 valence electrons. The Balaban J connectivity index is 0. The predicted molar refractivity (Wildman–Crippen MR) is 25.7 cm³/mol.